The molecular formula is C12H14BrN. The molecule has 0 bridgehead atoms. The van der Waals surface area contributed by atoms with Crippen molar-refractivity contribution >= 4 is 21.6 Å². The Kier molecular flexibility index (Phi) is 2.73. The lowest BCUT2D eigenvalue weighted by atomic mass is 9.92. The molecule has 0 atom stereocenters. The summed E-state index contributed by atoms with van der Waals surface area (Å²) in [6.45, 7) is 5.34. The number of aliphatic imine (C=N–C) groups is 1. The maximum absolute atomic E-state index is 4.61. The Balaban J connectivity index is 2.54. The van der Waals surface area contributed by atoms with Crippen LogP contribution in [0.25, 0.3) is 0 Å². The van der Waals surface area contributed by atoms with Crippen molar-refractivity contribution in [1.82, 2.24) is 0 Å². The maximum Gasteiger partial charge on any atom is 0.0449 e. The summed E-state index contributed by atoms with van der Waals surface area (Å²) in [6, 6.07) is 6.38. The molecule has 0 spiro atoms. The van der Waals surface area contributed by atoms with Gasteiger partial charge in [-0.15, -0.1) is 0 Å². The van der Waals surface area contributed by atoms with Gasteiger partial charge >= 0.3 is 0 Å². The number of hydrogen-bond donors (Lipinski definition) is 0. The van der Waals surface area contributed by atoms with Gasteiger partial charge in [0.1, 0.15) is 0 Å². The fourth-order valence-electron chi connectivity index (χ4n) is 1.92. The van der Waals surface area contributed by atoms with Crippen molar-refractivity contribution in [3.05, 3.63) is 33.8 Å². The molecule has 0 saturated heterocycles. The number of halogens is 1. The van der Waals surface area contributed by atoms with Crippen LogP contribution in [0.1, 0.15) is 25.0 Å². The van der Waals surface area contributed by atoms with E-state index < -0.39 is 0 Å². The number of nitrogens with zero attached hydrogens (tertiary/aromatic N) is 1. The summed E-state index contributed by atoms with van der Waals surface area (Å²) >= 11 is 3.60. The molecule has 0 aromatic heterocycles. The molecule has 14 heavy (non-hydrogen) atoms. The lowest BCUT2D eigenvalue weighted by molar-refractivity contribution is 0.837. The third kappa shape index (κ3) is 1.63. The standard InChI is InChI=1S/C12H14BrN/c1-8(2)12-10-4-3-5-11(13)9(10)6-7-14-12/h3-5,8H,6-7H2,1-2H3. The molecule has 2 heteroatoms. The van der Waals surface area contributed by atoms with E-state index in [1.54, 1.807) is 0 Å². The number of fused-ring (bicyclic) bond motifs is 1. The molecular weight excluding hydrogens is 238 g/mol. The van der Waals surface area contributed by atoms with Gasteiger partial charge in [0.15, 0.2) is 0 Å². The quantitative estimate of drug-likeness (QED) is 0.725. The molecule has 1 nitrogen and oxygen atoms in total. The van der Waals surface area contributed by atoms with Gasteiger partial charge in [0.2, 0.25) is 0 Å². The van der Waals surface area contributed by atoms with Crippen LogP contribution in [-0.4, -0.2) is 12.3 Å². The fraction of sp³-hybridized carbons (Fsp3) is 0.417. The predicted molar refractivity (Wildman–Crippen MR) is 64.1 cm³/mol. The van der Waals surface area contributed by atoms with Gasteiger partial charge in [-0.25, -0.2) is 0 Å². The van der Waals surface area contributed by atoms with Crippen LogP contribution in [0.15, 0.2) is 27.7 Å². The van der Waals surface area contributed by atoms with Crippen LogP contribution < -0.4 is 0 Å². The van der Waals surface area contributed by atoms with Gasteiger partial charge in [0, 0.05) is 22.3 Å². The first kappa shape index (κ1) is 9.91. The second kappa shape index (κ2) is 3.85. The zero-order valence-corrected chi connectivity index (χ0v) is 10.1. The Hall–Kier alpha value is -0.630. The van der Waals surface area contributed by atoms with E-state index in [1.807, 2.05) is 0 Å². The molecule has 0 radical (unpaired) electrons. The number of hydrogen-bond acceptors (Lipinski definition) is 1. The summed E-state index contributed by atoms with van der Waals surface area (Å²) in [5.74, 6) is 0.517. The number of benzene rings is 1. The molecule has 1 aliphatic rings. The minimum Gasteiger partial charge on any atom is -0.289 e. The largest absolute Gasteiger partial charge is 0.289 e. The van der Waals surface area contributed by atoms with Crippen LogP contribution in [0.5, 0.6) is 0 Å². The normalized spacial score (nSPS) is 15.3. The van der Waals surface area contributed by atoms with E-state index in [0.717, 1.165) is 13.0 Å². The Labute approximate surface area is 93.4 Å². The van der Waals surface area contributed by atoms with Crippen molar-refractivity contribution < 1.29 is 0 Å². The second-order valence-electron chi connectivity index (χ2n) is 3.94. The Bertz CT molecular complexity index is 380. The van der Waals surface area contributed by atoms with Crippen molar-refractivity contribution in [2.45, 2.75) is 20.3 Å². The summed E-state index contributed by atoms with van der Waals surface area (Å²) in [5, 5.41) is 0. The van der Waals surface area contributed by atoms with Crippen molar-refractivity contribution in [1.29, 1.82) is 0 Å². The van der Waals surface area contributed by atoms with E-state index in [1.165, 1.54) is 21.3 Å². The number of rotatable bonds is 1. The lowest BCUT2D eigenvalue weighted by Crippen LogP contribution is -2.18. The molecule has 0 amide bonds. The Morgan fingerprint density at radius 2 is 2.14 bits per heavy atom. The Morgan fingerprint density at radius 1 is 1.36 bits per heavy atom. The lowest BCUT2D eigenvalue weighted by Gasteiger charge is -2.20. The van der Waals surface area contributed by atoms with Gasteiger partial charge in [-0.2, -0.15) is 0 Å². The first-order valence-electron chi connectivity index (χ1n) is 5.02. The molecule has 0 aliphatic carbocycles. The van der Waals surface area contributed by atoms with Gasteiger partial charge in [-0.05, 0) is 24.0 Å². The molecule has 2 rings (SSSR count). The molecule has 0 unspecified atom stereocenters. The predicted octanol–water partition coefficient (Wildman–Crippen LogP) is 3.45. The second-order valence-corrected chi connectivity index (χ2v) is 4.79. The SMILES string of the molecule is CC(C)C1=NCCc2c(Br)cccc21. The van der Waals surface area contributed by atoms with E-state index in [9.17, 15) is 0 Å². The molecule has 1 heterocycles. The summed E-state index contributed by atoms with van der Waals surface area (Å²) in [4.78, 5) is 4.61. The van der Waals surface area contributed by atoms with Crippen LogP contribution in [0.4, 0.5) is 0 Å². The first-order chi connectivity index (χ1) is 6.70. The topological polar surface area (TPSA) is 12.4 Å². The molecule has 0 N–H and O–H groups in total. The van der Waals surface area contributed by atoms with Gasteiger partial charge in [-0.3, -0.25) is 4.99 Å². The van der Waals surface area contributed by atoms with E-state index in [0.29, 0.717) is 5.92 Å². The van der Waals surface area contributed by atoms with Gasteiger partial charge < -0.3 is 0 Å². The third-order valence-corrected chi connectivity index (χ3v) is 3.33. The van der Waals surface area contributed by atoms with Crippen LogP contribution in [0, 0.1) is 5.92 Å². The zero-order chi connectivity index (χ0) is 10.1. The molecule has 0 fully saturated rings. The zero-order valence-electron chi connectivity index (χ0n) is 8.55. The summed E-state index contributed by atoms with van der Waals surface area (Å²) in [5.41, 5.74) is 4.01. The molecule has 1 aromatic rings. The summed E-state index contributed by atoms with van der Waals surface area (Å²) < 4.78 is 1.23. The molecule has 1 aliphatic heterocycles. The fourth-order valence-corrected chi connectivity index (χ4v) is 2.48. The van der Waals surface area contributed by atoms with Crippen molar-refractivity contribution in [3.63, 3.8) is 0 Å². The van der Waals surface area contributed by atoms with Crippen molar-refractivity contribution in [2.75, 3.05) is 6.54 Å². The van der Waals surface area contributed by atoms with Crippen LogP contribution >= 0.6 is 15.9 Å². The highest BCUT2D eigenvalue weighted by atomic mass is 79.9. The summed E-state index contributed by atoms with van der Waals surface area (Å²) in [7, 11) is 0. The third-order valence-electron chi connectivity index (χ3n) is 2.59. The van der Waals surface area contributed by atoms with E-state index in [2.05, 4.69) is 53.0 Å². The average molecular weight is 252 g/mol. The van der Waals surface area contributed by atoms with Crippen molar-refractivity contribution in [2.24, 2.45) is 10.9 Å². The first-order valence-corrected chi connectivity index (χ1v) is 5.81. The van der Waals surface area contributed by atoms with Crippen LogP contribution in [0.3, 0.4) is 0 Å². The molecule has 1 aromatic carbocycles. The molecule has 0 saturated carbocycles. The van der Waals surface area contributed by atoms with Crippen molar-refractivity contribution in [3.8, 4) is 0 Å². The van der Waals surface area contributed by atoms with Gasteiger partial charge in [0.25, 0.3) is 0 Å². The van der Waals surface area contributed by atoms with E-state index in [4.69, 9.17) is 0 Å². The van der Waals surface area contributed by atoms with Crippen LogP contribution in [0.2, 0.25) is 0 Å². The Morgan fingerprint density at radius 3 is 2.86 bits per heavy atom. The van der Waals surface area contributed by atoms with Gasteiger partial charge in [-0.1, -0.05) is 41.9 Å². The highest BCUT2D eigenvalue weighted by Crippen LogP contribution is 2.26. The van der Waals surface area contributed by atoms with E-state index >= 15 is 0 Å². The summed E-state index contributed by atoms with van der Waals surface area (Å²) in [6.07, 6.45) is 1.06. The van der Waals surface area contributed by atoms with Gasteiger partial charge in [0.05, 0.1) is 0 Å². The minimum absolute atomic E-state index is 0.517. The highest BCUT2D eigenvalue weighted by Gasteiger charge is 2.17. The monoisotopic (exact) mass is 251 g/mol. The minimum atomic E-state index is 0.517. The smallest absolute Gasteiger partial charge is 0.0449 e. The average Bonchev–Trinajstić information content (AvgIpc) is 2.17. The van der Waals surface area contributed by atoms with E-state index in [-0.39, 0.29) is 0 Å². The maximum atomic E-state index is 4.61. The highest BCUT2D eigenvalue weighted by molar-refractivity contribution is 9.10. The molecule has 74 valence electrons. The van der Waals surface area contributed by atoms with Crippen LogP contribution in [-0.2, 0) is 6.42 Å².